The smallest absolute Gasteiger partial charge is 0.244 e. The lowest BCUT2D eigenvalue weighted by Crippen LogP contribution is -1.90. The van der Waals surface area contributed by atoms with Crippen molar-refractivity contribution in [2.75, 3.05) is 13.2 Å². The molecule has 3 N–H and O–H groups in total. The van der Waals surface area contributed by atoms with Gasteiger partial charge in [0.05, 0.1) is 13.2 Å². The molecule has 12 heavy (non-hydrogen) atoms. The zero-order valence-electron chi connectivity index (χ0n) is 6.81. The highest BCUT2D eigenvalue weighted by Gasteiger charge is 2.09. The lowest BCUT2D eigenvalue weighted by Gasteiger charge is -2.13. The minimum atomic E-state index is -2.34. The van der Waals surface area contributed by atoms with E-state index < -0.39 is 5.69 Å². The second kappa shape index (κ2) is 7.98. The molecule has 0 aliphatic carbocycles. The maximum atomic E-state index is 5.08. The zero-order valence-corrected chi connectivity index (χ0v) is 9.41. The van der Waals surface area contributed by atoms with E-state index >= 15 is 0 Å². The molecule has 0 saturated heterocycles. The summed E-state index contributed by atoms with van der Waals surface area (Å²) in [6, 6.07) is 0. The summed E-state index contributed by atoms with van der Waals surface area (Å²) in [7, 11) is 0. The van der Waals surface area contributed by atoms with Crippen LogP contribution in [0.1, 0.15) is 0 Å². The fourth-order valence-corrected chi connectivity index (χ4v) is 1.76. The van der Waals surface area contributed by atoms with Crippen molar-refractivity contribution < 1.29 is 9.05 Å². The van der Waals surface area contributed by atoms with Crippen LogP contribution in [0.3, 0.4) is 0 Å². The van der Waals surface area contributed by atoms with Crippen molar-refractivity contribution in [2.45, 2.75) is 0 Å². The minimum Gasteiger partial charge on any atom is -0.344 e. The van der Waals surface area contributed by atoms with Crippen molar-refractivity contribution in [1.29, 1.82) is 0 Å². The van der Waals surface area contributed by atoms with Crippen LogP contribution in [0.4, 0.5) is 0 Å². The summed E-state index contributed by atoms with van der Waals surface area (Å²) < 4.78 is 10.2. The summed E-state index contributed by atoms with van der Waals surface area (Å²) in [5.74, 6) is 0. The Balaban J connectivity index is 0. The van der Waals surface area contributed by atoms with Gasteiger partial charge in [-0.1, -0.05) is 24.4 Å². The van der Waals surface area contributed by atoms with Crippen LogP contribution in [0.25, 0.3) is 0 Å². The predicted octanol–water partition coefficient (Wildman–Crippen LogP) is 2.71. The van der Waals surface area contributed by atoms with Gasteiger partial charge in [-0.25, -0.2) is 0 Å². The number of thiol groups is 1. The van der Waals surface area contributed by atoms with Crippen molar-refractivity contribution in [1.82, 2.24) is 6.15 Å². The Kier molecular flexibility index (Phi) is 9.88. The largest absolute Gasteiger partial charge is 0.344 e. The van der Waals surface area contributed by atoms with Crippen LogP contribution >= 0.6 is 17.9 Å². The minimum absolute atomic E-state index is 0. The van der Waals surface area contributed by atoms with Gasteiger partial charge in [0.1, 0.15) is 0 Å². The van der Waals surface area contributed by atoms with Crippen molar-refractivity contribution in [2.24, 2.45) is 0 Å². The molecule has 3 nitrogen and oxygen atoms in total. The first-order chi connectivity index (χ1) is 5.12. The molecule has 0 aromatic rings. The maximum absolute atomic E-state index is 5.08. The summed E-state index contributed by atoms with van der Waals surface area (Å²) >= 11 is 8.95. The summed E-state index contributed by atoms with van der Waals surface area (Å²) in [5.41, 5.74) is -2.34. The molecule has 72 valence electrons. The van der Waals surface area contributed by atoms with E-state index in [-0.39, 0.29) is 6.15 Å². The monoisotopic (exact) mass is 227 g/mol. The lowest BCUT2D eigenvalue weighted by molar-refractivity contribution is 0.303. The third-order valence-electron chi connectivity index (χ3n) is 0.711. The molecule has 0 rings (SSSR count). The summed E-state index contributed by atoms with van der Waals surface area (Å²) in [6.45, 7) is 7.71. The van der Waals surface area contributed by atoms with Gasteiger partial charge in [0, 0.05) is 0 Å². The molecule has 0 amide bonds. The van der Waals surface area contributed by atoms with Crippen LogP contribution in [0.5, 0.6) is 0 Å². The van der Waals surface area contributed by atoms with E-state index in [1.54, 1.807) is 12.2 Å². The van der Waals surface area contributed by atoms with Gasteiger partial charge in [0.2, 0.25) is 5.69 Å². The molecule has 0 fully saturated rings. The van der Waals surface area contributed by atoms with Crippen LogP contribution in [0.2, 0.25) is 0 Å². The molecule has 0 aliphatic rings. The topological polar surface area (TPSA) is 53.5 Å². The van der Waals surface area contributed by atoms with Gasteiger partial charge in [-0.05, 0) is 11.8 Å². The van der Waals surface area contributed by atoms with E-state index in [9.17, 15) is 0 Å². The third-order valence-corrected chi connectivity index (χ3v) is 2.99. The van der Waals surface area contributed by atoms with Crippen LogP contribution in [-0.2, 0) is 20.9 Å². The Morgan fingerprint density at radius 3 is 1.83 bits per heavy atom. The van der Waals surface area contributed by atoms with Crippen LogP contribution in [0.15, 0.2) is 25.3 Å². The Hall–Kier alpha value is 0.360. The number of rotatable bonds is 6. The molecule has 0 unspecified atom stereocenters. The fourth-order valence-electron chi connectivity index (χ4n) is 0.331. The molecule has 0 aromatic carbocycles. The molecular weight excluding hydrogens is 213 g/mol. The molecule has 0 bridgehead atoms. The number of hydrogen-bond acceptors (Lipinski definition) is 4. The van der Waals surface area contributed by atoms with Crippen LogP contribution < -0.4 is 6.15 Å². The van der Waals surface area contributed by atoms with Gasteiger partial charge >= 0.3 is 0 Å². The lowest BCUT2D eigenvalue weighted by atomic mass is 10.7. The standard InChI is InChI=1S/C6H11O2PS2.H3N/c1-3-5-7-9(10,11)8-6-4-2;/h3-4H,1-2,5-6H2,(H,10,11);1H3. The van der Waals surface area contributed by atoms with Crippen molar-refractivity contribution in [3.8, 4) is 0 Å². The predicted molar refractivity (Wildman–Crippen MR) is 60.6 cm³/mol. The second-order valence-corrected chi connectivity index (χ2v) is 6.92. The van der Waals surface area contributed by atoms with E-state index in [1.165, 1.54) is 0 Å². The van der Waals surface area contributed by atoms with E-state index in [0.717, 1.165) is 0 Å². The van der Waals surface area contributed by atoms with Crippen LogP contribution in [0, 0.1) is 0 Å². The SMILES string of the molecule is C=CCOP(=S)(S)OCC=C.N. The van der Waals surface area contributed by atoms with Crippen molar-refractivity contribution in [3.05, 3.63) is 25.3 Å². The highest BCUT2D eigenvalue weighted by atomic mass is 32.9. The van der Waals surface area contributed by atoms with Gasteiger partial charge in [-0.3, -0.25) is 0 Å². The van der Waals surface area contributed by atoms with Crippen LogP contribution in [-0.4, -0.2) is 13.2 Å². The van der Waals surface area contributed by atoms with Crippen molar-refractivity contribution in [3.63, 3.8) is 0 Å². The summed E-state index contributed by atoms with van der Waals surface area (Å²) in [6.07, 6.45) is 3.21. The number of hydrogen-bond donors (Lipinski definition) is 2. The van der Waals surface area contributed by atoms with E-state index in [0.29, 0.717) is 13.2 Å². The first kappa shape index (κ1) is 14.9. The summed E-state index contributed by atoms with van der Waals surface area (Å²) in [4.78, 5) is 0. The fraction of sp³-hybridized carbons (Fsp3) is 0.333. The first-order valence-corrected chi connectivity index (χ1v) is 6.75. The third kappa shape index (κ3) is 8.46. The molecule has 0 aromatic heterocycles. The van der Waals surface area contributed by atoms with Gasteiger partial charge in [-0.2, -0.15) is 0 Å². The average molecular weight is 227 g/mol. The Morgan fingerprint density at radius 1 is 1.25 bits per heavy atom. The molecule has 6 heteroatoms. The highest BCUT2D eigenvalue weighted by Crippen LogP contribution is 2.53. The molecular formula is C6H14NO2PS2. The molecule has 0 spiro atoms. The van der Waals surface area contributed by atoms with Gasteiger partial charge in [0.25, 0.3) is 0 Å². The first-order valence-electron chi connectivity index (χ1n) is 2.96. The normalized spacial score (nSPS) is 10.1. The second-order valence-electron chi connectivity index (χ2n) is 1.64. The molecule has 0 saturated carbocycles. The zero-order chi connectivity index (χ0) is 8.74. The van der Waals surface area contributed by atoms with Gasteiger partial charge in [0.15, 0.2) is 0 Å². The molecule has 0 aliphatic heterocycles. The Labute approximate surface area is 83.7 Å². The molecule has 0 atom stereocenters. The van der Waals surface area contributed by atoms with E-state index in [2.05, 4.69) is 25.4 Å². The van der Waals surface area contributed by atoms with Gasteiger partial charge < -0.3 is 15.2 Å². The Bertz CT molecular complexity index is 170. The van der Waals surface area contributed by atoms with E-state index in [1.807, 2.05) is 0 Å². The molecule has 0 heterocycles. The van der Waals surface area contributed by atoms with E-state index in [4.69, 9.17) is 20.9 Å². The Morgan fingerprint density at radius 2 is 1.58 bits per heavy atom. The highest BCUT2D eigenvalue weighted by molar-refractivity contribution is 8.60. The molecule has 0 radical (unpaired) electrons. The van der Waals surface area contributed by atoms with Gasteiger partial charge in [-0.15, -0.1) is 13.2 Å². The van der Waals surface area contributed by atoms with Crippen molar-refractivity contribution >= 4 is 29.7 Å². The maximum Gasteiger partial charge on any atom is 0.244 e. The average Bonchev–Trinajstić information content (AvgIpc) is 1.97. The summed E-state index contributed by atoms with van der Waals surface area (Å²) in [5, 5.41) is 0. The quantitative estimate of drug-likeness (QED) is 0.416.